The third-order valence-electron chi connectivity index (χ3n) is 3.79. The van der Waals surface area contributed by atoms with Gasteiger partial charge >= 0.3 is 0 Å². The number of hydrogen-bond acceptors (Lipinski definition) is 2. The molecule has 0 atom stereocenters. The summed E-state index contributed by atoms with van der Waals surface area (Å²) in [5.74, 6) is 0. The Morgan fingerprint density at radius 2 is 1.75 bits per heavy atom. The van der Waals surface area contributed by atoms with Crippen LogP contribution in [0.4, 0.5) is 11.4 Å². The average Bonchev–Trinajstić information content (AvgIpc) is 2.49. The van der Waals surface area contributed by atoms with Gasteiger partial charge in [0.2, 0.25) is 0 Å². The van der Waals surface area contributed by atoms with Gasteiger partial charge in [-0.3, -0.25) is 0 Å². The smallest absolute Gasteiger partial charge is 0.0586 e. The lowest BCUT2D eigenvalue weighted by Gasteiger charge is -2.30. The van der Waals surface area contributed by atoms with E-state index in [-0.39, 0.29) is 0 Å². The molecule has 1 aromatic rings. The maximum Gasteiger partial charge on any atom is 0.0586 e. The van der Waals surface area contributed by atoms with Crippen LogP contribution in [0, 0.1) is 8.99 Å². The predicted octanol–water partition coefficient (Wildman–Crippen LogP) is 3.94. The molecular weight excluding hydrogens is 311 g/mol. The first-order chi connectivity index (χ1) is 7.69. The SMILES string of the molecule is CCC1(CC)CNc2ccc(I)cc2NC1. The standard InChI is InChI=1S/C13H19IN2/c1-3-13(4-2)8-15-11-6-5-10(14)7-12(11)16-9-13/h5-7,15-16H,3-4,8-9H2,1-2H3. The van der Waals surface area contributed by atoms with Gasteiger partial charge in [-0.25, -0.2) is 0 Å². The van der Waals surface area contributed by atoms with E-state index < -0.39 is 0 Å². The highest BCUT2D eigenvalue weighted by molar-refractivity contribution is 14.1. The Labute approximate surface area is 111 Å². The van der Waals surface area contributed by atoms with Crippen LogP contribution in [0.5, 0.6) is 0 Å². The van der Waals surface area contributed by atoms with Gasteiger partial charge in [-0.1, -0.05) is 13.8 Å². The van der Waals surface area contributed by atoms with E-state index in [2.05, 4.69) is 65.3 Å². The molecule has 2 nitrogen and oxygen atoms in total. The summed E-state index contributed by atoms with van der Waals surface area (Å²) in [5.41, 5.74) is 2.88. The zero-order valence-corrected chi connectivity index (χ0v) is 12.1. The molecule has 0 aromatic heterocycles. The van der Waals surface area contributed by atoms with E-state index in [0.29, 0.717) is 5.41 Å². The maximum atomic E-state index is 3.59. The van der Waals surface area contributed by atoms with Crippen molar-refractivity contribution in [3.63, 3.8) is 0 Å². The van der Waals surface area contributed by atoms with E-state index in [1.54, 1.807) is 0 Å². The van der Waals surface area contributed by atoms with Crippen molar-refractivity contribution >= 4 is 34.0 Å². The molecule has 1 aliphatic heterocycles. The number of fused-ring (bicyclic) bond motifs is 1. The third kappa shape index (κ3) is 2.29. The Kier molecular flexibility index (Phi) is 3.62. The second-order valence-electron chi connectivity index (χ2n) is 4.60. The summed E-state index contributed by atoms with van der Waals surface area (Å²) in [4.78, 5) is 0. The molecule has 0 bridgehead atoms. The molecule has 0 unspecified atom stereocenters. The van der Waals surface area contributed by atoms with Crippen LogP contribution in [0.2, 0.25) is 0 Å². The van der Waals surface area contributed by atoms with E-state index >= 15 is 0 Å². The molecule has 0 spiro atoms. The fourth-order valence-corrected chi connectivity index (χ4v) is 2.69. The second-order valence-corrected chi connectivity index (χ2v) is 5.85. The number of halogens is 1. The van der Waals surface area contributed by atoms with E-state index in [1.807, 2.05) is 0 Å². The van der Waals surface area contributed by atoms with Gasteiger partial charge in [0.15, 0.2) is 0 Å². The van der Waals surface area contributed by atoms with Crippen LogP contribution in [0.25, 0.3) is 0 Å². The molecule has 0 saturated heterocycles. The lowest BCUT2D eigenvalue weighted by atomic mass is 9.82. The fourth-order valence-electron chi connectivity index (χ4n) is 2.19. The van der Waals surface area contributed by atoms with E-state index in [4.69, 9.17) is 0 Å². The monoisotopic (exact) mass is 330 g/mol. The summed E-state index contributed by atoms with van der Waals surface area (Å²) in [6.45, 7) is 6.71. The van der Waals surface area contributed by atoms with Crippen molar-refractivity contribution in [1.82, 2.24) is 0 Å². The molecule has 0 saturated carbocycles. The number of hydrogen-bond donors (Lipinski definition) is 2. The first-order valence-electron chi connectivity index (χ1n) is 5.96. The Morgan fingerprint density at radius 3 is 2.38 bits per heavy atom. The van der Waals surface area contributed by atoms with E-state index in [9.17, 15) is 0 Å². The van der Waals surface area contributed by atoms with Crippen LogP contribution in [0.15, 0.2) is 18.2 Å². The van der Waals surface area contributed by atoms with Crippen LogP contribution in [0.3, 0.4) is 0 Å². The molecule has 1 aromatic carbocycles. The molecule has 0 aliphatic carbocycles. The molecular formula is C13H19IN2. The van der Waals surface area contributed by atoms with E-state index in [1.165, 1.54) is 27.8 Å². The quantitative estimate of drug-likeness (QED) is 0.803. The van der Waals surface area contributed by atoms with Gasteiger partial charge in [-0.15, -0.1) is 0 Å². The average molecular weight is 330 g/mol. The van der Waals surface area contributed by atoms with Gasteiger partial charge in [-0.2, -0.15) is 0 Å². The highest BCUT2D eigenvalue weighted by atomic mass is 127. The molecule has 16 heavy (non-hydrogen) atoms. The van der Waals surface area contributed by atoms with Crippen molar-refractivity contribution in [3.8, 4) is 0 Å². The zero-order valence-electron chi connectivity index (χ0n) is 9.94. The highest BCUT2D eigenvalue weighted by Gasteiger charge is 2.28. The summed E-state index contributed by atoms with van der Waals surface area (Å²) >= 11 is 2.36. The van der Waals surface area contributed by atoms with Crippen LogP contribution < -0.4 is 10.6 Å². The Balaban J connectivity index is 2.24. The summed E-state index contributed by atoms with van der Waals surface area (Å²) in [7, 11) is 0. The predicted molar refractivity (Wildman–Crippen MR) is 79.2 cm³/mol. The van der Waals surface area contributed by atoms with Gasteiger partial charge < -0.3 is 10.6 Å². The van der Waals surface area contributed by atoms with Gasteiger partial charge in [-0.05, 0) is 53.6 Å². The zero-order chi connectivity index (χ0) is 11.6. The summed E-state index contributed by atoms with van der Waals surface area (Å²) in [6.07, 6.45) is 2.43. The Hall–Kier alpha value is -0.450. The van der Waals surface area contributed by atoms with Crippen LogP contribution >= 0.6 is 22.6 Å². The largest absolute Gasteiger partial charge is 0.383 e. The molecule has 0 amide bonds. The fraction of sp³-hybridized carbons (Fsp3) is 0.538. The molecule has 0 radical (unpaired) electrons. The molecule has 0 fully saturated rings. The Morgan fingerprint density at radius 1 is 1.12 bits per heavy atom. The van der Waals surface area contributed by atoms with Crippen LogP contribution in [0.1, 0.15) is 26.7 Å². The molecule has 88 valence electrons. The van der Waals surface area contributed by atoms with Gasteiger partial charge in [0, 0.05) is 22.1 Å². The summed E-state index contributed by atoms with van der Waals surface area (Å²) in [5, 5.41) is 7.17. The van der Waals surface area contributed by atoms with Crippen molar-refractivity contribution in [2.75, 3.05) is 23.7 Å². The van der Waals surface area contributed by atoms with Gasteiger partial charge in [0.05, 0.1) is 11.4 Å². The lowest BCUT2D eigenvalue weighted by Crippen LogP contribution is -2.33. The van der Waals surface area contributed by atoms with Crippen molar-refractivity contribution in [2.45, 2.75) is 26.7 Å². The molecule has 3 heteroatoms. The molecule has 1 heterocycles. The first kappa shape index (κ1) is 12.0. The minimum Gasteiger partial charge on any atom is -0.383 e. The van der Waals surface area contributed by atoms with Gasteiger partial charge in [0.1, 0.15) is 0 Å². The number of rotatable bonds is 2. The lowest BCUT2D eigenvalue weighted by molar-refractivity contribution is 0.307. The van der Waals surface area contributed by atoms with Crippen molar-refractivity contribution in [3.05, 3.63) is 21.8 Å². The van der Waals surface area contributed by atoms with Crippen LogP contribution in [-0.4, -0.2) is 13.1 Å². The van der Waals surface area contributed by atoms with E-state index in [0.717, 1.165) is 13.1 Å². The van der Waals surface area contributed by atoms with Crippen molar-refractivity contribution in [1.29, 1.82) is 0 Å². The topological polar surface area (TPSA) is 24.1 Å². The number of anilines is 2. The normalized spacial score (nSPS) is 17.9. The van der Waals surface area contributed by atoms with Crippen molar-refractivity contribution in [2.24, 2.45) is 5.41 Å². The minimum atomic E-state index is 0.393. The van der Waals surface area contributed by atoms with Crippen molar-refractivity contribution < 1.29 is 0 Å². The van der Waals surface area contributed by atoms with Crippen LogP contribution in [-0.2, 0) is 0 Å². The summed E-state index contributed by atoms with van der Waals surface area (Å²) in [6, 6.07) is 6.54. The first-order valence-corrected chi connectivity index (χ1v) is 7.04. The number of benzene rings is 1. The summed E-state index contributed by atoms with van der Waals surface area (Å²) < 4.78 is 1.28. The molecule has 2 rings (SSSR count). The Bertz CT molecular complexity index is 372. The second kappa shape index (κ2) is 4.82. The maximum absolute atomic E-state index is 3.59. The third-order valence-corrected chi connectivity index (χ3v) is 4.46. The minimum absolute atomic E-state index is 0.393. The number of nitrogens with one attached hydrogen (secondary N) is 2. The van der Waals surface area contributed by atoms with Gasteiger partial charge in [0.25, 0.3) is 0 Å². The molecule has 2 N–H and O–H groups in total. The molecule has 1 aliphatic rings. The highest BCUT2D eigenvalue weighted by Crippen LogP contribution is 2.34.